The molecule has 0 bridgehead atoms. The fourth-order valence-electron chi connectivity index (χ4n) is 1.96. The number of nitrogens with one attached hydrogen (secondary N) is 2. The van der Waals surface area contributed by atoms with Crippen molar-refractivity contribution >= 4 is 45.8 Å². The largest absolute Gasteiger partial charge is 0.326 e. The van der Waals surface area contributed by atoms with Crippen LogP contribution in [0.15, 0.2) is 42.5 Å². The summed E-state index contributed by atoms with van der Waals surface area (Å²) in [6.07, 6.45) is 0. The molecule has 0 atom stereocenters. The van der Waals surface area contributed by atoms with Crippen LogP contribution in [0.2, 0.25) is 0 Å². The van der Waals surface area contributed by atoms with Crippen molar-refractivity contribution in [3.63, 3.8) is 0 Å². The Morgan fingerprint density at radius 2 is 1.74 bits per heavy atom. The van der Waals surface area contributed by atoms with E-state index in [-0.39, 0.29) is 17.7 Å². The van der Waals surface area contributed by atoms with Gasteiger partial charge in [-0.2, -0.15) is 0 Å². The molecule has 0 saturated heterocycles. The van der Waals surface area contributed by atoms with Crippen molar-refractivity contribution in [1.82, 2.24) is 0 Å². The lowest BCUT2D eigenvalue weighted by atomic mass is 10.1. The van der Waals surface area contributed by atoms with Gasteiger partial charge >= 0.3 is 0 Å². The van der Waals surface area contributed by atoms with E-state index in [9.17, 15) is 9.59 Å². The summed E-state index contributed by atoms with van der Waals surface area (Å²) in [6, 6.07) is 12.9. The Morgan fingerprint density at radius 1 is 1.04 bits per heavy atom. The molecule has 2 amide bonds. The molecule has 0 aliphatic rings. The van der Waals surface area contributed by atoms with Crippen LogP contribution in [0.3, 0.4) is 0 Å². The maximum absolute atomic E-state index is 12.4. The van der Waals surface area contributed by atoms with Crippen LogP contribution < -0.4 is 10.6 Å². The van der Waals surface area contributed by atoms with E-state index in [1.54, 1.807) is 12.1 Å². The minimum atomic E-state index is -0.162. The Labute approximate surface area is 149 Å². The highest BCUT2D eigenvalue weighted by Crippen LogP contribution is 2.22. The van der Waals surface area contributed by atoms with Crippen molar-refractivity contribution in [2.75, 3.05) is 10.6 Å². The number of hydrogen-bond acceptors (Lipinski definition) is 2. The van der Waals surface area contributed by atoms with Crippen LogP contribution in [0, 0.1) is 16.4 Å². The zero-order valence-corrected chi connectivity index (χ0v) is 15.5. The van der Waals surface area contributed by atoms with E-state index in [1.165, 1.54) is 0 Å². The van der Waals surface area contributed by atoms with E-state index >= 15 is 0 Å². The third-order valence-electron chi connectivity index (χ3n) is 3.40. The van der Waals surface area contributed by atoms with E-state index in [0.717, 1.165) is 9.13 Å². The fraction of sp³-hybridized carbons (Fsp3) is 0.222. The number of anilines is 2. The smallest absolute Gasteiger partial charge is 0.256 e. The topological polar surface area (TPSA) is 58.2 Å². The third-order valence-corrected chi connectivity index (χ3v) is 4.34. The number of aryl methyl sites for hydroxylation is 1. The van der Waals surface area contributed by atoms with E-state index in [4.69, 9.17) is 0 Å². The first-order chi connectivity index (χ1) is 10.9. The number of carbonyl (C=O) groups excluding carboxylic acids is 2. The number of rotatable bonds is 4. The molecule has 0 aromatic heterocycles. The molecule has 2 N–H and O–H groups in total. The zero-order valence-electron chi connectivity index (χ0n) is 13.3. The molecule has 5 heteroatoms. The number of halogens is 1. The second-order valence-electron chi connectivity index (χ2n) is 5.61. The first kappa shape index (κ1) is 17.5. The average Bonchev–Trinajstić information content (AvgIpc) is 2.50. The fourth-order valence-corrected chi connectivity index (χ4v) is 2.59. The Balaban J connectivity index is 2.21. The third kappa shape index (κ3) is 4.54. The second-order valence-corrected chi connectivity index (χ2v) is 6.77. The number of benzene rings is 2. The van der Waals surface area contributed by atoms with Gasteiger partial charge in [-0.15, -0.1) is 0 Å². The van der Waals surface area contributed by atoms with Gasteiger partial charge in [0.25, 0.3) is 5.91 Å². The Morgan fingerprint density at radius 3 is 2.39 bits per heavy atom. The Kier molecular flexibility index (Phi) is 5.76. The summed E-state index contributed by atoms with van der Waals surface area (Å²) >= 11 is 2.14. The predicted octanol–water partition coefficient (Wildman–Crippen LogP) is 4.45. The van der Waals surface area contributed by atoms with Crippen LogP contribution >= 0.6 is 22.6 Å². The molecular weight excluding hydrogens is 403 g/mol. The van der Waals surface area contributed by atoms with Crippen LogP contribution in [0.4, 0.5) is 11.4 Å². The molecule has 2 aromatic rings. The summed E-state index contributed by atoms with van der Waals surface area (Å²) in [5, 5.41) is 5.76. The van der Waals surface area contributed by atoms with Gasteiger partial charge in [0.05, 0.1) is 5.56 Å². The lowest BCUT2D eigenvalue weighted by Crippen LogP contribution is -2.18. The summed E-state index contributed by atoms with van der Waals surface area (Å²) in [4.78, 5) is 24.2. The highest BCUT2D eigenvalue weighted by Gasteiger charge is 2.12. The highest BCUT2D eigenvalue weighted by atomic mass is 127. The summed E-state index contributed by atoms with van der Waals surface area (Å²) in [6.45, 7) is 5.59. The van der Waals surface area contributed by atoms with E-state index < -0.39 is 0 Å². The molecule has 0 radical (unpaired) electrons. The van der Waals surface area contributed by atoms with Gasteiger partial charge in [-0.25, -0.2) is 0 Å². The van der Waals surface area contributed by atoms with Crippen molar-refractivity contribution in [2.24, 2.45) is 5.92 Å². The Hall–Kier alpha value is -1.89. The minimum Gasteiger partial charge on any atom is -0.326 e. The molecule has 0 saturated carbocycles. The first-order valence-electron chi connectivity index (χ1n) is 7.36. The minimum absolute atomic E-state index is 0.0521. The number of amides is 2. The van der Waals surface area contributed by atoms with Crippen molar-refractivity contribution in [1.29, 1.82) is 0 Å². The van der Waals surface area contributed by atoms with Gasteiger partial charge in [-0.1, -0.05) is 32.0 Å². The molecule has 4 nitrogen and oxygen atoms in total. The van der Waals surface area contributed by atoms with Crippen molar-refractivity contribution < 1.29 is 9.59 Å². The molecule has 120 valence electrons. The van der Waals surface area contributed by atoms with Crippen molar-refractivity contribution in [2.45, 2.75) is 20.8 Å². The monoisotopic (exact) mass is 422 g/mol. The molecule has 2 aromatic carbocycles. The highest BCUT2D eigenvalue weighted by molar-refractivity contribution is 14.1. The average molecular weight is 422 g/mol. The van der Waals surface area contributed by atoms with Gasteiger partial charge in [-0.05, 0) is 59.3 Å². The van der Waals surface area contributed by atoms with Gasteiger partial charge in [0.15, 0.2) is 0 Å². The molecule has 0 aliphatic carbocycles. The van der Waals surface area contributed by atoms with Crippen LogP contribution in [0.25, 0.3) is 0 Å². The van der Waals surface area contributed by atoms with E-state index in [2.05, 4.69) is 33.2 Å². The SMILES string of the molecule is Cc1ccc(NC(=O)C(C)C)cc1NC(=O)c1ccccc1I. The summed E-state index contributed by atoms with van der Waals surface area (Å²) in [5.41, 5.74) is 2.93. The van der Waals surface area contributed by atoms with Crippen LogP contribution in [-0.4, -0.2) is 11.8 Å². The van der Waals surface area contributed by atoms with Gasteiger partial charge in [0, 0.05) is 20.9 Å². The lowest BCUT2D eigenvalue weighted by Gasteiger charge is -2.13. The first-order valence-corrected chi connectivity index (χ1v) is 8.43. The van der Waals surface area contributed by atoms with Gasteiger partial charge in [0.1, 0.15) is 0 Å². The molecule has 0 unspecified atom stereocenters. The van der Waals surface area contributed by atoms with Gasteiger partial charge < -0.3 is 10.6 Å². The summed E-state index contributed by atoms with van der Waals surface area (Å²) in [7, 11) is 0. The standard InChI is InChI=1S/C18H19IN2O2/c1-11(2)17(22)20-13-9-8-12(3)16(10-13)21-18(23)14-6-4-5-7-15(14)19/h4-11H,1-3H3,(H,20,22)(H,21,23). The molecule has 0 aliphatic heterocycles. The van der Waals surface area contributed by atoms with Gasteiger partial charge in [-0.3, -0.25) is 9.59 Å². The van der Waals surface area contributed by atoms with Gasteiger partial charge in [0.2, 0.25) is 5.91 Å². The molecule has 0 fully saturated rings. The normalized spacial score (nSPS) is 10.5. The van der Waals surface area contributed by atoms with Crippen molar-refractivity contribution in [3.05, 3.63) is 57.2 Å². The van der Waals surface area contributed by atoms with Crippen LogP contribution in [0.1, 0.15) is 29.8 Å². The Bertz CT molecular complexity index is 742. The number of carbonyl (C=O) groups is 2. The maximum atomic E-state index is 12.4. The molecular formula is C18H19IN2O2. The summed E-state index contributed by atoms with van der Waals surface area (Å²) < 4.78 is 0.893. The zero-order chi connectivity index (χ0) is 17.0. The molecule has 0 heterocycles. The summed E-state index contributed by atoms with van der Waals surface area (Å²) in [5.74, 6) is -0.311. The molecule has 23 heavy (non-hydrogen) atoms. The van der Waals surface area contributed by atoms with Crippen LogP contribution in [-0.2, 0) is 4.79 Å². The van der Waals surface area contributed by atoms with Crippen molar-refractivity contribution in [3.8, 4) is 0 Å². The lowest BCUT2D eigenvalue weighted by molar-refractivity contribution is -0.118. The van der Waals surface area contributed by atoms with E-state index in [0.29, 0.717) is 16.9 Å². The molecule has 0 spiro atoms. The number of hydrogen-bond donors (Lipinski definition) is 2. The van der Waals surface area contributed by atoms with Crippen LogP contribution in [0.5, 0.6) is 0 Å². The quantitative estimate of drug-likeness (QED) is 0.716. The maximum Gasteiger partial charge on any atom is 0.256 e. The predicted molar refractivity (Wildman–Crippen MR) is 102 cm³/mol. The second kappa shape index (κ2) is 7.59. The molecule has 2 rings (SSSR count). The van der Waals surface area contributed by atoms with E-state index in [1.807, 2.05) is 51.1 Å².